The Kier molecular flexibility index (Phi) is 31.6. The highest BCUT2D eigenvalue weighted by Crippen LogP contribution is 2.41. The Labute approximate surface area is 376 Å². The molecule has 0 aromatic heterocycles. The second-order valence-electron chi connectivity index (χ2n) is 18.6. The summed E-state index contributed by atoms with van der Waals surface area (Å²) >= 11 is 0. The minimum atomic E-state index is -0.988. The van der Waals surface area contributed by atoms with Crippen molar-refractivity contribution in [1.82, 2.24) is 0 Å². The molecule has 1 aromatic carbocycles. The summed E-state index contributed by atoms with van der Waals surface area (Å²) in [5.74, 6) is 1.83. The maximum Gasteiger partial charge on any atom is 0.306 e. The normalized spacial score (nSPS) is 20.0. The van der Waals surface area contributed by atoms with E-state index in [1.807, 2.05) is 27.7 Å². The number of rotatable bonds is 23. The molecule has 11 heteroatoms. The number of carbonyl (C=O) groups is 4. The lowest BCUT2D eigenvalue weighted by Crippen LogP contribution is -2.40. The van der Waals surface area contributed by atoms with Crippen molar-refractivity contribution >= 4 is 23.9 Å². The molecule has 3 rings (SSSR count). The Hall–Kier alpha value is -3.18. The zero-order valence-electron chi connectivity index (χ0n) is 41.2. The van der Waals surface area contributed by atoms with Crippen LogP contribution in [0.1, 0.15) is 213 Å². The maximum absolute atomic E-state index is 11.4. The fraction of sp³-hybridized carbons (Fsp3) is 0.804. The predicted octanol–water partition coefficient (Wildman–Crippen LogP) is 12.4. The summed E-state index contributed by atoms with van der Waals surface area (Å²) in [7, 11) is 0. The third-order valence-electron chi connectivity index (χ3n) is 11.5. The number of benzene rings is 1. The highest BCUT2D eigenvalue weighted by Gasteiger charge is 2.34. The van der Waals surface area contributed by atoms with E-state index in [0.717, 1.165) is 49.9 Å². The van der Waals surface area contributed by atoms with Gasteiger partial charge in [-0.2, -0.15) is 0 Å². The molecule has 62 heavy (non-hydrogen) atoms. The van der Waals surface area contributed by atoms with Gasteiger partial charge in [0.15, 0.2) is 6.29 Å². The fourth-order valence-corrected chi connectivity index (χ4v) is 7.71. The summed E-state index contributed by atoms with van der Waals surface area (Å²) in [6, 6.07) is 2.33. The van der Waals surface area contributed by atoms with Gasteiger partial charge >= 0.3 is 23.9 Å². The number of carbonyl (C=O) groups excluding carboxylic acids is 2. The number of aliphatic carboxylic acids is 2. The van der Waals surface area contributed by atoms with Crippen molar-refractivity contribution in [3.63, 3.8) is 0 Å². The second-order valence-corrected chi connectivity index (χ2v) is 18.6. The molecule has 1 aromatic rings. The molecule has 360 valence electrons. The standard InChI is InChI=1S/C29H50O.C14H24O6.2C4H8O2/c1-21(2)12-9-13-22(3)14-10-15-23(4)16-11-18-29(8)19-17-27-25(6)20-24(5)26(7)28(27)30-29;1-3-5-12(15)18-9-11-7-10(8-14(17)20-11)19-13(16)6-4-2;2*1-2-3-4(5)6/h20-23H,9-19H2,1-8H3;10-11,14,17H,3-9H2,1-2H3;2*2-3H2,1H3,(H,5,6)/t22-,23-,29-;10?,11-,14+;;/m10../s1. The van der Waals surface area contributed by atoms with Crippen molar-refractivity contribution in [2.24, 2.45) is 17.8 Å². The molecule has 1 saturated heterocycles. The van der Waals surface area contributed by atoms with Gasteiger partial charge in [0, 0.05) is 38.5 Å². The van der Waals surface area contributed by atoms with Crippen LogP contribution < -0.4 is 4.74 Å². The number of fused-ring (bicyclic) bond motifs is 1. The van der Waals surface area contributed by atoms with Gasteiger partial charge in [0.2, 0.25) is 0 Å². The molecule has 0 amide bonds. The van der Waals surface area contributed by atoms with E-state index >= 15 is 0 Å². The van der Waals surface area contributed by atoms with E-state index in [0.29, 0.717) is 32.1 Å². The number of aliphatic hydroxyl groups is 1. The van der Waals surface area contributed by atoms with Crippen molar-refractivity contribution < 1.29 is 53.4 Å². The molecular formula is C51H90O11. The molecule has 0 aliphatic carbocycles. The van der Waals surface area contributed by atoms with E-state index in [4.69, 9.17) is 29.2 Å². The zero-order chi connectivity index (χ0) is 47.3. The molecule has 2 heterocycles. The SMILES string of the molecule is CCCC(=O)O.CCCC(=O)O.CCCC(=O)OC[C@@H]1CC(OC(=O)CCC)C[C@H](O)O1.Cc1cc(C)c2c(c1C)O[C@](C)(CCC[C@H](C)CCC[C@H](C)CCCC(C)C)CC2. The molecule has 0 bridgehead atoms. The molecule has 0 radical (unpaired) electrons. The maximum atomic E-state index is 11.4. The van der Waals surface area contributed by atoms with Crippen LogP contribution in [-0.4, -0.2) is 69.9 Å². The van der Waals surface area contributed by atoms with Crippen LogP contribution >= 0.6 is 0 Å². The van der Waals surface area contributed by atoms with E-state index in [1.165, 1.54) is 92.2 Å². The number of aliphatic hydroxyl groups excluding tert-OH is 1. The number of aryl methyl sites for hydroxylation is 2. The van der Waals surface area contributed by atoms with Crippen LogP contribution in [-0.2, 0) is 39.8 Å². The molecule has 1 unspecified atom stereocenters. The fourth-order valence-electron chi connectivity index (χ4n) is 7.71. The van der Waals surface area contributed by atoms with Crippen LogP contribution in [0, 0.1) is 38.5 Å². The number of carboxylic acids is 2. The van der Waals surface area contributed by atoms with Gasteiger partial charge in [-0.3, -0.25) is 19.2 Å². The molecule has 3 N–H and O–H groups in total. The van der Waals surface area contributed by atoms with E-state index < -0.39 is 24.3 Å². The number of hydrogen-bond donors (Lipinski definition) is 3. The van der Waals surface area contributed by atoms with Crippen LogP contribution in [0.5, 0.6) is 5.75 Å². The number of carboxylic acid groups (broad SMARTS) is 2. The van der Waals surface area contributed by atoms with Crippen molar-refractivity contribution in [2.45, 2.75) is 242 Å². The van der Waals surface area contributed by atoms with Gasteiger partial charge in [-0.25, -0.2) is 0 Å². The highest BCUT2D eigenvalue weighted by molar-refractivity contribution is 5.70. The lowest BCUT2D eigenvalue weighted by atomic mass is 9.84. The molecule has 1 fully saturated rings. The molecule has 0 spiro atoms. The Balaban J connectivity index is 0.000000990. The Morgan fingerprint density at radius 2 is 1.26 bits per heavy atom. The first-order chi connectivity index (χ1) is 29.2. The minimum Gasteiger partial charge on any atom is -0.487 e. The summed E-state index contributed by atoms with van der Waals surface area (Å²) < 4.78 is 22.3. The first-order valence-corrected chi connectivity index (χ1v) is 24.1. The summed E-state index contributed by atoms with van der Waals surface area (Å²) in [4.78, 5) is 41.9. The predicted molar refractivity (Wildman–Crippen MR) is 249 cm³/mol. The highest BCUT2D eigenvalue weighted by atomic mass is 16.6. The van der Waals surface area contributed by atoms with E-state index in [-0.39, 0.29) is 36.7 Å². The van der Waals surface area contributed by atoms with Crippen LogP contribution in [0.4, 0.5) is 0 Å². The first-order valence-electron chi connectivity index (χ1n) is 24.1. The van der Waals surface area contributed by atoms with Gasteiger partial charge in [0.1, 0.15) is 24.1 Å². The van der Waals surface area contributed by atoms with E-state index in [1.54, 1.807) is 0 Å². The van der Waals surface area contributed by atoms with Crippen molar-refractivity contribution in [3.05, 3.63) is 28.3 Å². The Morgan fingerprint density at radius 3 is 1.76 bits per heavy atom. The van der Waals surface area contributed by atoms with Crippen LogP contribution in [0.3, 0.4) is 0 Å². The largest absolute Gasteiger partial charge is 0.487 e. The second kappa shape index (κ2) is 33.3. The smallest absolute Gasteiger partial charge is 0.306 e. The van der Waals surface area contributed by atoms with Gasteiger partial charge in [0.25, 0.3) is 0 Å². The summed E-state index contributed by atoms with van der Waals surface area (Å²) in [5.41, 5.74) is 5.58. The number of esters is 2. The average Bonchev–Trinajstić information content (AvgIpc) is 3.16. The van der Waals surface area contributed by atoms with Crippen molar-refractivity contribution in [1.29, 1.82) is 0 Å². The Bertz CT molecular complexity index is 1390. The van der Waals surface area contributed by atoms with Gasteiger partial charge in [-0.05, 0) is 119 Å². The molecule has 6 atom stereocenters. The van der Waals surface area contributed by atoms with Crippen LogP contribution in [0.2, 0.25) is 0 Å². The summed E-state index contributed by atoms with van der Waals surface area (Å²) in [6.07, 6.45) is 17.7. The number of hydrogen-bond acceptors (Lipinski definition) is 9. The van der Waals surface area contributed by atoms with Crippen molar-refractivity contribution in [2.75, 3.05) is 6.61 Å². The summed E-state index contributed by atoms with van der Waals surface area (Å²) in [6.45, 7) is 26.2. The quantitative estimate of drug-likeness (QED) is 0.0896. The van der Waals surface area contributed by atoms with E-state index in [2.05, 4.69) is 61.5 Å². The van der Waals surface area contributed by atoms with Gasteiger partial charge in [-0.15, -0.1) is 0 Å². The molecule has 0 saturated carbocycles. The minimum absolute atomic E-state index is 0.0165. The average molecular weight is 879 g/mol. The molecule has 2 aliphatic rings. The van der Waals surface area contributed by atoms with Crippen LogP contribution in [0.25, 0.3) is 0 Å². The molecular weight excluding hydrogens is 789 g/mol. The lowest BCUT2D eigenvalue weighted by molar-refractivity contribution is -0.211. The lowest BCUT2D eigenvalue weighted by Gasteiger charge is -2.38. The number of ether oxygens (including phenoxy) is 4. The third-order valence-corrected chi connectivity index (χ3v) is 11.5. The summed E-state index contributed by atoms with van der Waals surface area (Å²) in [5, 5.41) is 25.4. The van der Waals surface area contributed by atoms with Gasteiger partial charge in [-0.1, -0.05) is 106 Å². The van der Waals surface area contributed by atoms with E-state index in [9.17, 15) is 24.3 Å². The topological polar surface area (TPSA) is 166 Å². The van der Waals surface area contributed by atoms with Crippen LogP contribution in [0.15, 0.2) is 6.07 Å². The monoisotopic (exact) mass is 879 g/mol. The Morgan fingerprint density at radius 1 is 0.742 bits per heavy atom. The zero-order valence-corrected chi connectivity index (χ0v) is 41.2. The molecule has 11 nitrogen and oxygen atoms in total. The van der Waals surface area contributed by atoms with Gasteiger partial charge in [0.05, 0.1) is 6.10 Å². The first kappa shape index (κ1) is 58.8. The van der Waals surface area contributed by atoms with Crippen molar-refractivity contribution in [3.8, 4) is 5.75 Å². The van der Waals surface area contributed by atoms with Gasteiger partial charge < -0.3 is 34.3 Å². The molecule has 2 aliphatic heterocycles. The third kappa shape index (κ3) is 27.8.